The summed E-state index contributed by atoms with van der Waals surface area (Å²) >= 11 is 0. The van der Waals surface area contributed by atoms with Gasteiger partial charge in [-0.3, -0.25) is 9.59 Å². The van der Waals surface area contributed by atoms with Crippen molar-refractivity contribution in [3.63, 3.8) is 0 Å². The van der Waals surface area contributed by atoms with Crippen LogP contribution < -0.4 is 5.32 Å². The van der Waals surface area contributed by atoms with Crippen LogP contribution in [0.15, 0.2) is 41.0 Å². The van der Waals surface area contributed by atoms with E-state index in [0.29, 0.717) is 5.89 Å². The van der Waals surface area contributed by atoms with Crippen molar-refractivity contribution >= 4 is 11.9 Å². The van der Waals surface area contributed by atoms with Crippen LogP contribution in [0.5, 0.6) is 0 Å². The predicted molar refractivity (Wildman–Crippen MR) is 85.2 cm³/mol. The maximum atomic E-state index is 12.5. The number of hydrogen-bond donors (Lipinski definition) is 2. The number of nitrogens with one attached hydrogen (secondary N) is 1. The number of carbonyl (C=O) groups excluding carboxylic acids is 1. The molecule has 0 aliphatic heterocycles. The number of aliphatic carboxylic acids is 1. The van der Waals surface area contributed by atoms with E-state index in [1.54, 1.807) is 0 Å². The normalized spacial score (nSPS) is 28.0. The van der Waals surface area contributed by atoms with E-state index in [1.807, 2.05) is 30.3 Å². The largest absolute Gasteiger partial charge is 0.481 e. The van der Waals surface area contributed by atoms with Gasteiger partial charge in [-0.1, -0.05) is 18.2 Å². The lowest BCUT2D eigenvalue weighted by atomic mass is 9.84. The molecular weight excluding hydrogens is 308 g/mol. The minimum absolute atomic E-state index is 0.176. The smallest absolute Gasteiger partial charge is 0.308 e. The Morgan fingerprint density at radius 1 is 1.17 bits per heavy atom. The first kappa shape index (κ1) is 14.9. The summed E-state index contributed by atoms with van der Waals surface area (Å²) in [6, 6.07) is 9.01. The highest BCUT2D eigenvalue weighted by molar-refractivity contribution is 5.93. The Hall–Kier alpha value is -2.63. The van der Waals surface area contributed by atoms with E-state index in [4.69, 9.17) is 4.42 Å². The molecule has 2 saturated carbocycles. The molecule has 1 amide bonds. The lowest BCUT2D eigenvalue weighted by molar-refractivity contribution is -0.144. The van der Waals surface area contributed by atoms with Gasteiger partial charge in [-0.15, -0.1) is 0 Å². The number of carboxylic acids is 1. The molecule has 1 heterocycles. The van der Waals surface area contributed by atoms with Gasteiger partial charge in [-0.25, -0.2) is 4.98 Å². The molecule has 6 nitrogen and oxygen atoms in total. The first-order valence-corrected chi connectivity index (χ1v) is 8.18. The second-order valence-corrected chi connectivity index (χ2v) is 6.60. The Bertz CT molecular complexity index is 770. The highest BCUT2D eigenvalue weighted by Gasteiger charge is 2.51. The molecule has 2 fully saturated rings. The summed E-state index contributed by atoms with van der Waals surface area (Å²) in [5, 5.41) is 12.3. The fourth-order valence-corrected chi connectivity index (χ4v) is 4.17. The zero-order valence-corrected chi connectivity index (χ0v) is 13.0. The number of rotatable bonds is 4. The van der Waals surface area contributed by atoms with E-state index in [9.17, 15) is 14.7 Å². The average molecular weight is 326 g/mol. The third kappa shape index (κ3) is 2.48. The van der Waals surface area contributed by atoms with Gasteiger partial charge < -0.3 is 14.8 Å². The highest BCUT2D eigenvalue weighted by Crippen LogP contribution is 2.48. The number of oxazole rings is 1. The van der Waals surface area contributed by atoms with Gasteiger partial charge in [0.2, 0.25) is 5.89 Å². The standard InChI is InChI=1S/C18H18N2O4/c21-16(13-9-24-17(19-13)10-4-2-1-3-5-10)20-15-12-7-6-11(8-12)14(15)18(22)23/h1-5,9,11-12,14-15H,6-8H2,(H,20,21)(H,22,23)/t11-,12-,14+,15-/m0/s1. The summed E-state index contributed by atoms with van der Waals surface area (Å²) in [6.07, 6.45) is 4.13. The van der Waals surface area contributed by atoms with Crippen molar-refractivity contribution in [2.75, 3.05) is 0 Å². The maximum Gasteiger partial charge on any atom is 0.308 e. The van der Waals surface area contributed by atoms with Gasteiger partial charge in [0.05, 0.1) is 5.92 Å². The number of fused-ring (bicyclic) bond motifs is 2. The van der Waals surface area contributed by atoms with Gasteiger partial charge >= 0.3 is 5.97 Å². The van der Waals surface area contributed by atoms with Crippen molar-refractivity contribution < 1.29 is 19.1 Å². The van der Waals surface area contributed by atoms with Crippen molar-refractivity contribution in [3.05, 3.63) is 42.3 Å². The number of benzene rings is 1. The number of nitrogens with zero attached hydrogens (tertiary/aromatic N) is 1. The molecule has 2 aliphatic rings. The fraction of sp³-hybridized carbons (Fsp3) is 0.389. The highest BCUT2D eigenvalue weighted by atomic mass is 16.4. The van der Waals surface area contributed by atoms with E-state index in [-0.39, 0.29) is 29.5 Å². The molecule has 2 N–H and O–H groups in total. The van der Waals surface area contributed by atoms with Crippen LogP contribution in [0.3, 0.4) is 0 Å². The zero-order valence-electron chi connectivity index (χ0n) is 13.0. The van der Waals surface area contributed by atoms with E-state index < -0.39 is 11.9 Å². The van der Waals surface area contributed by atoms with E-state index in [1.165, 1.54) is 6.26 Å². The monoisotopic (exact) mass is 326 g/mol. The van der Waals surface area contributed by atoms with Crippen molar-refractivity contribution in [1.29, 1.82) is 0 Å². The lowest BCUT2D eigenvalue weighted by Gasteiger charge is -2.28. The zero-order chi connectivity index (χ0) is 16.7. The molecule has 0 radical (unpaired) electrons. The Morgan fingerprint density at radius 3 is 2.67 bits per heavy atom. The van der Waals surface area contributed by atoms with Crippen LogP contribution in [0.1, 0.15) is 29.8 Å². The second kappa shape index (κ2) is 5.78. The number of aromatic nitrogens is 1. The minimum atomic E-state index is -0.822. The molecule has 0 spiro atoms. The van der Waals surface area contributed by atoms with Gasteiger partial charge in [0.25, 0.3) is 5.91 Å². The van der Waals surface area contributed by atoms with Crippen LogP contribution in [-0.4, -0.2) is 28.0 Å². The van der Waals surface area contributed by atoms with Crippen molar-refractivity contribution in [1.82, 2.24) is 10.3 Å². The van der Waals surface area contributed by atoms with Crippen molar-refractivity contribution in [2.45, 2.75) is 25.3 Å². The number of hydrogen-bond acceptors (Lipinski definition) is 4. The summed E-state index contributed by atoms with van der Waals surface area (Å²) < 4.78 is 5.38. The summed E-state index contributed by atoms with van der Waals surface area (Å²) in [4.78, 5) is 28.2. The SMILES string of the molecule is O=C(N[C@H]1[C@H]2CC[C@@H](C2)[C@H]1C(=O)O)c1coc(-c2ccccc2)n1. The molecule has 1 aromatic carbocycles. The Morgan fingerprint density at radius 2 is 1.92 bits per heavy atom. The fourth-order valence-electron chi connectivity index (χ4n) is 4.17. The van der Waals surface area contributed by atoms with Crippen molar-refractivity contribution in [2.24, 2.45) is 17.8 Å². The van der Waals surface area contributed by atoms with Gasteiger partial charge in [0, 0.05) is 11.6 Å². The molecule has 2 aliphatic carbocycles. The molecule has 1 aromatic heterocycles. The summed E-state index contributed by atoms with van der Waals surface area (Å²) in [6.45, 7) is 0. The van der Waals surface area contributed by atoms with E-state index in [2.05, 4.69) is 10.3 Å². The predicted octanol–water partition coefficient (Wildman–Crippen LogP) is 2.57. The Balaban J connectivity index is 1.51. The topological polar surface area (TPSA) is 92.4 Å². The molecule has 4 atom stereocenters. The van der Waals surface area contributed by atoms with Gasteiger partial charge in [-0.05, 0) is 43.2 Å². The molecule has 24 heavy (non-hydrogen) atoms. The Labute approximate surface area is 138 Å². The van der Waals surface area contributed by atoms with Crippen LogP contribution >= 0.6 is 0 Å². The third-order valence-electron chi connectivity index (χ3n) is 5.26. The molecule has 4 rings (SSSR count). The Kier molecular flexibility index (Phi) is 3.59. The van der Waals surface area contributed by atoms with Gasteiger partial charge in [0.1, 0.15) is 6.26 Å². The molecule has 0 unspecified atom stereocenters. The summed E-state index contributed by atoms with van der Waals surface area (Å²) in [7, 11) is 0. The molecular formula is C18H18N2O4. The van der Waals surface area contributed by atoms with Crippen molar-refractivity contribution in [3.8, 4) is 11.5 Å². The van der Waals surface area contributed by atoms with E-state index >= 15 is 0 Å². The van der Waals surface area contributed by atoms with Crippen LogP contribution in [0.25, 0.3) is 11.5 Å². The summed E-state index contributed by atoms with van der Waals surface area (Å²) in [5.74, 6) is -0.880. The number of amides is 1. The average Bonchev–Trinajstić information content (AvgIpc) is 3.31. The third-order valence-corrected chi connectivity index (χ3v) is 5.26. The van der Waals surface area contributed by atoms with Crippen LogP contribution in [0.2, 0.25) is 0 Å². The number of carboxylic acid groups (broad SMARTS) is 1. The molecule has 6 heteroatoms. The summed E-state index contributed by atoms with van der Waals surface area (Å²) in [5.41, 5.74) is 0.973. The first-order chi connectivity index (χ1) is 11.6. The number of carbonyl (C=O) groups is 2. The maximum absolute atomic E-state index is 12.5. The van der Waals surface area contributed by atoms with Gasteiger partial charge in [0.15, 0.2) is 5.69 Å². The van der Waals surface area contributed by atoms with Crippen LogP contribution in [0.4, 0.5) is 0 Å². The quantitative estimate of drug-likeness (QED) is 0.901. The van der Waals surface area contributed by atoms with E-state index in [0.717, 1.165) is 24.8 Å². The second-order valence-electron chi connectivity index (χ2n) is 6.60. The first-order valence-electron chi connectivity index (χ1n) is 8.18. The lowest BCUT2D eigenvalue weighted by Crippen LogP contribution is -2.46. The van der Waals surface area contributed by atoms with Crippen LogP contribution in [0, 0.1) is 17.8 Å². The molecule has 2 bridgehead atoms. The minimum Gasteiger partial charge on any atom is -0.481 e. The molecule has 2 aromatic rings. The molecule has 124 valence electrons. The van der Waals surface area contributed by atoms with Crippen LogP contribution in [-0.2, 0) is 4.79 Å². The van der Waals surface area contributed by atoms with Gasteiger partial charge in [-0.2, -0.15) is 0 Å². The molecule has 0 saturated heterocycles.